The van der Waals surface area contributed by atoms with Crippen LogP contribution in [-0.4, -0.2) is 34.7 Å². The summed E-state index contributed by atoms with van der Waals surface area (Å²) >= 11 is 6.18. The number of benzene rings is 1. The first-order valence-corrected chi connectivity index (χ1v) is 9.20. The minimum Gasteiger partial charge on any atom is -0.339 e. The SMILES string of the molecule is N#CCNC(=O)c1ccc(-c2nc(NC(C=N)=C[NH2+]C3CC3)ncc2Cl)cc1F. The zero-order valence-corrected chi connectivity index (χ0v) is 16.0. The summed E-state index contributed by atoms with van der Waals surface area (Å²) in [5.41, 5.74) is 0.972. The molecule has 2 aromatic rings. The molecule has 1 aromatic carbocycles. The monoisotopic (exact) mass is 414 g/mol. The van der Waals surface area contributed by atoms with Crippen molar-refractivity contribution in [1.82, 2.24) is 15.3 Å². The predicted molar refractivity (Wildman–Crippen MR) is 106 cm³/mol. The lowest BCUT2D eigenvalue weighted by Gasteiger charge is -2.09. The number of carbonyl (C=O) groups excluding carboxylic acids is 1. The van der Waals surface area contributed by atoms with E-state index in [9.17, 15) is 9.18 Å². The van der Waals surface area contributed by atoms with E-state index in [0.29, 0.717) is 17.3 Å². The van der Waals surface area contributed by atoms with Crippen LogP contribution in [0.25, 0.3) is 11.3 Å². The van der Waals surface area contributed by atoms with Crippen LogP contribution in [0, 0.1) is 22.6 Å². The lowest BCUT2D eigenvalue weighted by molar-refractivity contribution is -0.602. The van der Waals surface area contributed by atoms with Crippen LogP contribution in [0.15, 0.2) is 36.3 Å². The summed E-state index contributed by atoms with van der Waals surface area (Å²) in [6, 6.07) is 6.27. The van der Waals surface area contributed by atoms with Gasteiger partial charge < -0.3 is 21.4 Å². The molecule has 1 fully saturated rings. The molecule has 29 heavy (non-hydrogen) atoms. The molecule has 0 saturated heterocycles. The average Bonchev–Trinajstić information content (AvgIpc) is 3.55. The minimum atomic E-state index is -0.763. The Bertz CT molecular complexity index is 1010. The highest BCUT2D eigenvalue weighted by atomic mass is 35.5. The van der Waals surface area contributed by atoms with Crippen molar-refractivity contribution in [2.45, 2.75) is 18.9 Å². The number of nitrogens with two attached hydrogens (primary N) is 1. The van der Waals surface area contributed by atoms with Crippen LogP contribution in [0.5, 0.6) is 0 Å². The van der Waals surface area contributed by atoms with E-state index in [0.717, 1.165) is 25.1 Å². The fourth-order valence-corrected chi connectivity index (χ4v) is 2.67. The topological polar surface area (TPSA) is 131 Å². The third kappa shape index (κ3) is 5.34. The third-order valence-corrected chi connectivity index (χ3v) is 4.42. The standard InChI is InChI=1S/C19H17ClFN7O/c20-15-10-26-19(27-13(8-23)9-25-12-2-3-12)28-17(15)11-1-4-14(16(21)7-11)18(29)24-6-5-22/h1,4,7-10,12,23,25H,2-3,6H2,(H,24,29)(H,26,27,28)/p+1. The number of nitriles is 1. The molecule has 1 heterocycles. The molecule has 0 unspecified atom stereocenters. The number of quaternary nitrogens is 1. The first kappa shape index (κ1) is 20.4. The predicted octanol–water partition coefficient (Wildman–Crippen LogP) is 1.82. The van der Waals surface area contributed by atoms with Crippen molar-refractivity contribution in [2.75, 3.05) is 11.9 Å². The highest BCUT2D eigenvalue weighted by Crippen LogP contribution is 2.28. The smallest absolute Gasteiger partial charge is 0.255 e. The highest BCUT2D eigenvalue weighted by Gasteiger charge is 2.24. The highest BCUT2D eigenvalue weighted by molar-refractivity contribution is 6.32. The Morgan fingerprint density at radius 3 is 2.93 bits per heavy atom. The maximum atomic E-state index is 14.4. The summed E-state index contributed by atoms with van der Waals surface area (Å²) in [7, 11) is 0. The van der Waals surface area contributed by atoms with Crippen LogP contribution >= 0.6 is 11.6 Å². The first-order chi connectivity index (χ1) is 14.0. The fourth-order valence-electron chi connectivity index (χ4n) is 2.47. The molecule has 1 aliphatic rings. The molecule has 1 amide bonds. The molecule has 0 spiro atoms. The van der Waals surface area contributed by atoms with Gasteiger partial charge in [-0.3, -0.25) is 4.79 Å². The zero-order chi connectivity index (χ0) is 20.8. The molecule has 1 aliphatic carbocycles. The van der Waals surface area contributed by atoms with Crippen LogP contribution in [0.2, 0.25) is 5.02 Å². The number of aromatic nitrogens is 2. The molecule has 10 heteroatoms. The van der Waals surface area contributed by atoms with Crippen LogP contribution < -0.4 is 16.0 Å². The number of allylic oxidation sites excluding steroid dienone is 1. The molecule has 148 valence electrons. The number of anilines is 1. The number of hydrogen-bond acceptors (Lipinski definition) is 6. The van der Waals surface area contributed by atoms with E-state index in [1.165, 1.54) is 18.3 Å². The van der Waals surface area contributed by atoms with Gasteiger partial charge in [-0.15, -0.1) is 0 Å². The van der Waals surface area contributed by atoms with Gasteiger partial charge in [0.25, 0.3) is 5.91 Å². The second-order valence-corrected chi connectivity index (χ2v) is 6.75. The van der Waals surface area contributed by atoms with E-state index in [4.69, 9.17) is 22.3 Å². The van der Waals surface area contributed by atoms with Gasteiger partial charge in [0.15, 0.2) is 0 Å². The maximum Gasteiger partial charge on any atom is 0.255 e. The van der Waals surface area contributed by atoms with Gasteiger partial charge in [0.05, 0.1) is 34.6 Å². The number of halogens is 2. The average molecular weight is 415 g/mol. The molecule has 1 saturated carbocycles. The van der Waals surface area contributed by atoms with Crippen molar-refractivity contribution >= 4 is 29.7 Å². The Labute approximate surface area is 171 Å². The summed E-state index contributed by atoms with van der Waals surface area (Å²) in [6.45, 7) is -0.214. The lowest BCUT2D eigenvalue weighted by atomic mass is 10.1. The van der Waals surface area contributed by atoms with Crippen molar-refractivity contribution < 1.29 is 14.5 Å². The maximum absolute atomic E-state index is 14.4. The number of rotatable bonds is 8. The van der Waals surface area contributed by atoms with Crippen LogP contribution in [0.4, 0.5) is 10.3 Å². The number of hydrogen-bond donors (Lipinski definition) is 4. The summed E-state index contributed by atoms with van der Waals surface area (Å²) < 4.78 is 14.4. The number of nitrogens with one attached hydrogen (secondary N) is 3. The van der Waals surface area contributed by atoms with Crippen molar-refractivity contribution in [3.8, 4) is 17.3 Å². The molecule has 0 bridgehead atoms. The van der Waals surface area contributed by atoms with Gasteiger partial charge >= 0.3 is 0 Å². The van der Waals surface area contributed by atoms with Crippen molar-refractivity contribution in [2.24, 2.45) is 0 Å². The summed E-state index contributed by atoms with van der Waals surface area (Å²) in [5.74, 6) is -1.24. The molecule has 3 rings (SSSR count). The van der Waals surface area contributed by atoms with E-state index in [-0.39, 0.29) is 28.8 Å². The van der Waals surface area contributed by atoms with E-state index in [2.05, 4.69) is 20.6 Å². The second-order valence-electron chi connectivity index (χ2n) is 6.35. The van der Waals surface area contributed by atoms with Gasteiger partial charge in [-0.05, 0) is 12.1 Å². The largest absolute Gasteiger partial charge is 0.339 e. The fraction of sp³-hybridized carbons (Fsp3) is 0.211. The summed E-state index contributed by atoms with van der Waals surface area (Å²) in [4.78, 5) is 20.3. The first-order valence-electron chi connectivity index (χ1n) is 8.82. The summed E-state index contributed by atoms with van der Waals surface area (Å²) in [5, 5.41) is 23.5. The number of carbonyl (C=O) groups is 1. The molecule has 8 nitrogen and oxygen atoms in total. The van der Waals surface area contributed by atoms with E-state index < -0.39 is 11.7 Å². The van der Waals surface area contributed by atoms with Crippen molar-refractivity contribution in [3.63, 3.8) is 0 Å². The second kappa shape index (κ2) is 9.23. The zero-order valence-electron chi connectivity index (χ0n) is 15.2. The van der Waals surface area contributed by atoms with Crippen LogP contribution in [-0.2, 0) is 0 Å². The quantitative estimate of drug-likeness (QED) is 0.386. The molecular formula is C19H18ClFN7O+. The van der Waals surface area contributed by atoms with Gasteiger partial charge in [-0.25, -0.2) is 14.4 Å². The molecule has 1 aromatic heterocycles. The van der Waals surface area contributed by atoms with Crippen LogP contribution in [0.1, 0.15) is 23.2 Å². The van der Waals surface area contributed by atoms with E-state index in [1.54, 1.807) is 12.3 Å². The van der Waals surface area contributed by atoms with Crippen molar-refractivity contribution in [1.29, 1.82) is 10.7 Å². The van der Waals surface area contributed by atoms with Crippen LogP contribution in [0.3, 0.4) is 0 Å². The van der Waals surface area contributed by atoms with E-state index in [1.807, 2.05) is 5.32 Å². The molecule has 5 N–H and O–H groups in total. The molecule has 0 radical (unpaired) electrons. The third-order valence-electron chi connectivity index (χ3n) is 4.14. The van der Waals surface area contributed by atoms with Crippen molar-refractivity contribution in [3.05, 3.63) is 52.7 Å². The van der Waals surface area contributed by atoms with Gasteiger partial charge in [-0.2, -0.15) is 5.26 Å². The molecule has 0 aliphatic heterocycles. The Morgan fingerprint density at radius 2 is 2.28 bits per heavy atom. The van der Waals surface area contributed by atoms with Gasteiger partial charge in [0.1, 0.15) is 24.3 Å². The molecule has 0 atom stereocenters. The Hall–Kier alpha value is -3.35. The molecular weight excluding hydrogens is 397 g/mol. The minimum absolute atomic E-state index is 0.183. The Balaban J connectivity index is 1.83. The number of nitrogens with zero attached hydrogens (tertiary/aromatic N) is 3. The normalized spacial score (nSPS) is 13.5. The Morgan fingerprint density at radius 1 is 1.48 bits per heavy atom. The van der Waals surface area contributed by atoms with Gasteiger partial charge in [-0.1, -0.05) is 17.7 Å². The van der Waals surface area contributed by atoms with Gasteiger partial charge in [0.2, 0.25) is 5.95 Å². The van der Waals surface area contributed by atoms with E-state index >= 15 is 0 Å². The summed E-state index contributed by atoms with van der Waals surface area (Å²) in [6.07, 6.45) is 6.64. The Kier molecular flexibility index (Phi) is 6.49. The lowest BCUT2D eigenvalue weighted by Crippen LogP contribution is -2.80. The number of amides is 1. The van der Waals surface area contributed by atoms with Gasteiger partial charge in [0, 0.05) is 24.6 Å².